The van der Waals surface area contributed by atoms with Gasteiger partial charge in [-0.2, -0.15) is 0 Å². The van der Waals surface area contributed by atoms with E-state index in [1.165, 1.54) is 24.3 Å². The SMILES string of the molecule is CCN(CC)C(=O)CN(C)CC(=O)NCC(=O)Nc1ccc(F)cc1. The summed E-state index contributed by atoms with van der Waals surface area (Å²) in [6.07, 6.45) is 0. The molecule has 0 heterocycles. The molecule has 0 aliphatic carbocycles. The van der Waals surface area contributed by atoms with Gasteiger partial charge in [0, 0.05) is 18.8 Å². The van der Waals surface area contributed by atoms with Crippen LogP contribution in [0.1, 0.15) is 13.8 Å². The van der Waals surface area contributed by atoms with E-state index >= 15 is 0 Å². The Morgan fingerprint density at radius 2 is 1.60 bits per heavy atom. The van der Waals surface area contributed by atoms with Gasteiger partial charge in [0.15, 0.2) is 0 Å². The molecule has 0 saturated carbocycles. The van der Waals surface area contributed by atoms with Crippen molar-refractivity contribution in [3.63, 3.8) is 0 Å². The van der Waals surface area contributed by atoms with Gasteiger partial charge in [-0.3, -0.25) is 19.3 Å². The summed E-state index contributed by atoms with van der Waals surface area (Å²) in [4.78, 5) is 38.8. The number of carbonyl (C=O) groups is 3. The lowest BCUT2D eigenvalue weighted by atomic mass is 10.3. The second kappa shape index (κ2) is 10.4. The van der Waals surface area contributed by atoms with Crippen LogP contribution in [-0.4, -0.2) is 67.3 Å². The van der Waals surface area contributed by atoms with E-state index in [0.29, 0.717) is 18.8 Å². The van der Waals surface area contributed by atoms with Crippen LogP contribution in [0.5, 0.6) is 0 Å². The van der Waals surface area contributed by atoms with E-state index in [-0.39, 0.29) is 31.4 Å². The molecule has 8 heteroatoms. The smallest absolute Gasteiger partial charge is 0.243 e. The van der Waals surface area contributed by atoms with Gasteiger partial charge in [0.2, 0.25) is 17.7 Å². The Bertz CT molecular complexity index is 588. The lowest BCUT2D eigenvalue weighted by molar-refractivity contribution is -0.132. The third-order valence-electron chi connectivity index (χ3n) is 3.51. The molecule has 1 aromatic rings. The Balaban J connectivity index is 2.32. The summed E-state index contributed by atoms with van der Waals surface area (Å²) in [7, 11) is 1.67. The summed E-state index contributed by atoms with van der Waals surface area (Å²) in [5.41, 5.74) is 0.447. The number of amides is 3. The Hall–Kier alpha value is -2.48. The number of hydrogen-bond acceptors (Lipinski definition) is 4. The fourth-order valence-corrected chi connectivity index (χ4v) is 2.18. The Morgan fingerprint density at radius 1 is 1.00 bits per heavy atom. The van der Waals surface area contributed by atoms with E-state index in [9.17, 15) is 18.8 Å². The van der Waals surface area contributed by atoms with E-state index in [1.54, 1.807) is 16.8 Å². The Labute approximate surface area is 147 Å². The molecular weight excluding hydrogens is 327 g/mol. The van der Waals surface area contributed by atoms with Gasteiger partial charge in [0.05, 0.1) is 19.6 Å². The van der Waals surface area contributed by atoms with Crippen LogP contribution in [0.3, 0.4) is 0 Å². The van der Waals surface area contributed by atoms with Crippen molar-refractivity contribution in [2.75, 3.05) is 45.1 Å². The zero-order valence-electron chi connectivity index (χ0n) is 14.8. The quantitative estimate of drug-likeness (QED) is 0.685. The summed E-state index contributed by atoms with van der Waals surface area (Å²) < 4.78 is 12.8. The number of anilines is 1. The molecule has 0 aliphatic rings. The number of likely N-dealkylation sites (N-methyl/N-ethyl adjacent to an activating group) is 2. The molecule has 7 nitrogen and oxygen atoms in total. The number of nitrogens with one attached hydrogen (secondary N) is 2. The maximum Gasteiger partial charge on any atom is 0.243 e. The predicted octanol–water partition coefficient (Wildman–Crippen LogP) is 0.681. The standard InChI is InChI=1S/C17H25FN4O3/c1-4-22(5-2)17(25)12-21(3)11-16(24)19-10-15(23)20-14-8-6-13(18)7-9-14/h6-9H,4-5,10-12H2,1-3H3,(H,19,24)(H,20,23). The molecule has 3 amide bonds. The molecule has 25 heavy (non-hydrogen) atoms. The zero-order valence-corrected chi connectivity index (χ0v) is 14.8. The van der Waals surface area contributed by atoms with Crippen molar-refractivity contribution in [1.82, 2.24) is 15.1 Å². The van der Waals surface area contributed by atoms with Crippen LogP contribution in [-0.2, 0) is 14.4 Å². The highest BCUT2D eigenvalue weighted by Crippen LogP contribution is 2.07. The van der Waals surface area contributed by atoms with Crippen molar-refractivity contribution in [2.45, 2.75) is 13.8 Å². The molecule has 0 aliphatic heterocycles. The Morgan fingerprint density at radius 3 is 2.16 bits per heavy atom. The predicted molar refractivity (Wildman–Crippen MR) is 93.5 cm³/mol. The van der Waals surface area contributed by atoms with Gasteiger partial charge in [-0.25, -0.2) is 4.39 Å². The summed E-state index contributed by atoms with van der Waals surface area (Å²) in [5, 5.41) is 5.03. The number of hydrogen-bond donors (Lipinski definition) is 2. The summed E-state index contributed by atoms with van der Waals surface area (Å²) in [6, 6.07) is 5.33. The molecule has 0 spiro atoms. The summed E-state index contributed by atoms with van der Waals surface area (Å²) in [6.45, 7) is 4.99. The highest BCUT2D eigenvalue weighted by molar-refractivity contribution is 5.94. The third kappa shape index (κ3) is 7.75. The van der Waals surface area contributed by atoms with Crippen LogP contribution in [0.2, 0.25) is 0 Å². The first-order valence-corrected chi connectivity index (χ1v) is 8.14. The van der Waals surface area contributed by atoms with Gasteiger partial charge < -0.3 is 15.5 Å². The second-order valence-corrected chi connectivity index (χ2v) is 5.57. The molecular formula is C17H25FN4O3. The van der Waals surface area contributed by atoms with Crippen LogP contribution < -0.4 is 10.6 Å². The van der Waals surface area contributed by atoms with E-state index in [4.69, 9.17) is 0 Å². The number of benzene rings is 1. The van der Waals surface area contributed by atoms with Gasteiger partial charge in [-0.15, -0.1) is 0 Å². The van der Waals surface area contributed by atoms with E-state index in [1.807, 2.05) is 13.8 Å². The largest absolute Gasteiger partial charge is 0.346 e. The number of rotatable bonds is 9. The molecule has 1 rings (SSSR count). The first kappa shape index (κ1) is 20.6. The molecule has 1 aromatic carbocycles. The van der Waals surface area contributed by atoms with Gasteiger partial charge in [-0.05, 0) is 45.2 Å². The number of nitrogens with zero attached hydrogens (tertiary/aromatic N) is 2. The maximum atomic E-state index is 12.8. The monoisotopic (exact) mass is 352 g/mol. The van der Waals surface area contributed by atoms with Crippen molar-refractivity contribution in [3.05, 3.63) is 30.1 Å². The number of carbonyl (C=O) groups excluding carboxylic acids is 3. The van der Waals surface area contributed by atoms with Crippen molar-refractivity contribution >= 4 is 23.4 Å². The summed E-state index contributed by atoms with van der Waals surface area (Å²) >= 11 is 0. The average Bonchev–Trinajstić information content (AvgIpc) is 2.56. The first-order valence-electron chi connectivity index (χ1n) is 8.14. The van der Waals surface area contributed by atoms with Crippen molar-refractivity contribution in [3.8, 4) is 0 Å². The van der Waals surface area contributed by atoms with Crippen LogP contribution in [0.25, 0.3) is 0 Å². The topological polar surface area (TPSA) is 81.8 Å². The fourth-order valence-electron chi connectivity index (χ4n) is 2.18. The molecule has 2 N–H and O–H groups in total. The highest BCUT2D eigenvalue weighted by atomic mass is 19.1. The molecule has 0 bridgehead atoms. The van der Waals surface area contributed by atoms with Crippen molar-refractivity contribution in [1.29, 1.82) is 0 Å². The molecule has 138 valence electrons. The lowest BCUT2D eigenvalue weighted by Gasteiger charge is -2.22. The van der Waals surface area contributed by atoms with Gasteiger partial charge >= 0.3 is 0 Å². The minimum absolute atomic E-state index is 0.0108. The van der Waals surface area contributed by atoms with Crippen LogP contribution in [0, 0.1) is 5.82 Å². The molecule has 0 unspecified atom stereocenters. The van der Waals surface area contributed by atoms with Crippen LogP contribution in [0.4, 0.5) is 10.1 Å². The van der Waals surface area contributed by atoms with Crippen LogP contribution >= 0.6 is 0 Å². The van der Waals surface area contributed by atoms with Crippen LogP contribution in [0.15, 0.2) is 24.3 Å². The normalized spacial score (nSPS) is 10.4. The van der Waals surface area contributed by atoms with Gasteiger partial charge in [-0.1, -0.05) is 0 Å². The van der Waals surface area contributed by atoms with E-state index in [2.05, 4.69) is 10.6 Å². The molecule has 0 saturated heterocycles. The van der Waals surface area contributed by atoms with E-state index < -0.39 is 11.7 Å². The minimum Gasteiger partial charge on any atom is -0.346 e. The summed E-state index contributed by atoms with van der Waals surface area (Å²) in [5.74, 6) is -1.21. The average molecular weight is 352 g/mol. The van der Waals surface area contributed by atoms with Crippen molar-refractivity contribution in [2.24, 2.45) is 0 Å². The lowest BCUT2D eigenvalue weighted by Crippen LogP contribution is -2.43. The Kier molecular flexibility index (Phi) is 8.55. The van der Waals surface area contributed by atoms with E-state index in [0.717, 1.165) is 0 Å². The molecule has 0 atom stereocenters. The first-order chi connectivity index (χ1) is 11.8. The molecule has 0 aromatic heterocycles. The molecule has 0 radical (unpaired) electrons. The zero-order chi connectivity index (χ0) is 18.8. The minimum atomic E-state index is -0.415. The van der Waals surface area contributed by atoms with Gasteiger partial charge in [0.25, 0.3) is 0 Å². The number of halogens is 1. The fraction of sp³-hybridized carbons (Fsp3) is 0.471. The van der Waals surface area contributed by atoms with Crippen molar-refractivity contribution < 1.29 is 18.8 Å². The second-order valence-electron chi connectivity index (χ2n) is 5.57. The van der Waals surface area contributed by atoms with Gasteiger partial charge in [0.1, 0.15) is 5.82 Å². The third-order valence-corrected chi connectivity index (χ3v) is 3.51. The molecule has 0 fully saturated rings. The maximum absolute atomic E-state index is 12.8. The highest BCUT2D eigenvalue weighted by Gasteiger charge is 2.15.